The molecule has 0 unspecified atom stereocenters. The third-order valence-electron chi connectivity index (χ3n) is 3.69. The molecule has 0 aromatic heterocycles. The summed E-state index contributed by atoms with van der Waals surface area (Å²) in [6.07, 6.45) is 1.19. The van der Waals surface area contributed by atoms with Gasteiger partial charge >= 0.3 is 0 Å². The Hall–Kier alpha value is -0.930. The quantitative estimate of drug-likeness (QED) is 0.772. The minimum Gasteiger partial charge on any atom is -0.335 e. The Balaban J connectivity index is 1.97. The van der Waals surface area contributed by atoms with E-state index in [1.165, 1.54) is 34.1 Å². The molecule has 2 rings (SSSR count). The van der Waals surface area contributed by atoms with Crippen molar-refractivity contribution in [3.05, 3.63) is 35.4 Å². The van der Waals surface area contributed by atoms with Gasteiger partial charge in [0.2, 0.25) is 0 Å². The maximum atomic E-state index is 4.19. The first-order valence-electron chi connectivity index (χ1n) is 7.13. The molecule has 0 fully saturated rings. The van der Waals surface area contributed by atoms with Crippen LogP contribution in [0.1, 0.15) is 25.8 Å². The Labute approximate surface area is 121 Å². The van der Waals surface area contributed by atoms with Gasteiger partial charge in [-0.05, 0) is 50.7 Å². The topological polar surface area (TPSA) is 6.48 Å². The SMILES string of the molecule is C=C1Sc2cc(C)ccc2N1CCCN(CC)CC. The second kappa shape index (κ2) is 6.49. The molecule has 0 atom stereocenters. The number of nitrogens with zero attached hydrogens (tertiary/aromatic N) is 2. The van der Waals surface area contributed by atoms with E-state index in [1.54, 1.807) is 11.8 Å². The largest absolute Gasteiger partial charge is 0.335 e. The lowest BCUT2D eigenvalue weighted by Gasteiger charge is -2.23. The molecule has 2 nitrogen and oxygen atoms in total. The van der Waals surface area contributed by atoms with E-state index >= 15 is 0 Å². The molecule has 19 heavy (non-hydrogen) atoms. The molecule has 0 bridgehead atoms. The summed E-state index contributed by atoms with van der Waals surface area (Å²) in [5, 5.41) is 1.17. The van der Waals surface area contributed by atoms with Crippen molar-refractivity contribution < 1.29 is 0 Å². The molecule has 1 aliphatic heterocycles. The molecular weight excluding hydrogens is 252 g/mol. The van der Waals surface area contributed by atoms with Crippen LogP contribution in [0.3, 0.4) is 0 Å². The van der Waals surface area contributed by atoms with Gasteiger partial charge in [0.25, 0.3) is 0 Å². The van der Waals surface area contributed by atoms with Crippen molar-refractivity contribution in [2.24, 2.45) is 0 Å². The van der Waals surface area contributed by atoms with Gasteiger partial charge < -0.3 is 9.80 Å². The molecule has 1 aromatic rings. The lowest BCUT2D eigenvalue weighted by molar-refractivity contribution is 0.301. The second-order valence-electron chi connectivity index (χ2n) is 5.00. The summed E-state index contributed by atoms with van der Waals surface area (Å²) in [4.78, 5) is 6.19. The minimum atomic E-state index is 1.07. The predicted molar refractivity (Wildman–Crippen MR) is 85.9 cm³/mol. The van der Waals surface area contributed by atoms with E-state index in [9.17, 15) is 0 Å². The van der Waals surface area contributed by atoms with Crippen molar-refractivity contribution in [1.29, 1.82) is 0 Å². The van der Waals surface area contributed by atoms with Crippen LogP contribution in [-0.4, -0.2) is 31.1 Å². The minimum absolute atomic E-state index is 1.07. The number of benzene rings is 1. The first kappa shape index (κ1) is 14.5. The van der Waals surface area contributed by atoms with E-state index in [0.717, 1.165) is 19.6 Å². The Morgan fingerprint density at radius 2 is 2.00 bits per heavy atom. The lowest BCUT2D eigenvalue weighted by Crippen LogP contribution is -2.28. The van der Waals surface area contributed by atoms with Crippen molar-refractivity contribution in [3.8, 4) is 0 Å². The van der Waals surface area contributed by atoms with Crippen LogP contribution in [0, 0.1) is 6.92 Å². The van der Waals surface area contributed by atoms with Crippen LogP contribution in [-0.2, 0) is 0 Å². The number of anilines is 1. The summed E-state index contributed by atoms with van der Waals surface area (Å²) in [5.74, 6) is 0. The first-order valence-corrected chi connectivity index (χ1v) is 7.94. The number of fused-ring (bicyclic) bond motifs is 1. The van der Waals surface area contributed by atoms with Gasteiger partial charge in [-0.3, -0.25) is 0 Å². The van der Waals surface area contributed by atoms with Crippen molar-refractivity contribution in [3.63, 3.8) is 0 Å². The molecular formula is C16H24N2S. The molecule has 0 radical (unpaired) electrons. The molecule has 3 heteroatoms. The van der Waals surface area contributed by atoms with E-state index in [0.29, 0.717) is 0 Å². The summed E-state index contributed by atoms with van der Waals surface area (Å²) < 4.78 is 0. The molecule has 0 amide bonds. The summed E-state index contributed by atoms with van der Waals surface area (Å²) in [6, 6.07) is 6.68. The zero-order valence-corrected chi connectivity index (χ0v) is 13.1. The monoisotopic (exact) mass is 276 g/mol. The molecule has 0 spiro atoms. The smallest absolute Gasteiger partial charge is 0.0728 e. The van der Waals surface area contributed by atoms with Gasteiger partial charge in [0.15, 0.2) is 0 Å². The maximum Gasteiger partial charge on any atom is 0.0728 e. The van der Waals surface area contributed by atoms with Crippen LogP contribution < -0.4 is 4.90 Å². The number of rotatable bonds is 6. The van der Waals surface area contributed by atoms with Gasteiger partial charge in [0, 0.05) is 11.4 Å². The van der Waals surface area contributed by atoms with Crippen molar-refractivity contribution >= 4 is 17.4 Å². The van der Waals surface area contributed by atoms with E-state index in [-0.39, 0.29) is 0 Å². The first-order chi connectivity index (χ1) is 9.15. The molecule has 1 aliphatic rings. The van der Waals surface area contributed by atoms with E-state index in [2.05, 4.69) is 55.3 Å². The Kier molecular flexibility index (Phi) is 4.94. The fraction of sp³-hybridized carbons (Fsp3) is 0.500. The normalized spacial score (nSPS) is 14.3. The molecule has 1 aromatic carbocycles. The Morgan fingerprint density at radius 1 is 1.26 bits per heavy atom. The number of aryl methyl sites for hydroxylation is 1. The standard InChI is InChI=1S/C16H24N2S/c1-5-17(6-2)10-7-11-18-14(4)19-16-12-13(3)8-9-15(16)18/h8-9,12H,4-7,10-11H2,1-3H3. The van der Waals surface area contributed by atoms with Gasteiger partial charge in [-0.25, -0.2) is 0 Å². The molecule has 0 saturated heterocycles. The molecule has 0 N–H and O–H groups in total. The molecule has 104 valence electrons. The van der Waals surface area contributed by atoms with E-state index in [4.69, 9.17) is 0 Å². The second-order valence-corrected chi connectivity index (χ2v) is 6.11. The maximum absolute atomic E-state index is 4.19. The Bertz CT molecular complexity index is 452. The fourth-order valence-corrected chi connectivity index (χ4v) is 3.56. The third kappa shape index (κ3) is 3.34. The predicted octanol–water partition coefficient (Wildman–Crippen LogP) is 4.11. The number of hydrogen-bond acceptors (Lipinski definition) is 3. The summed E-state index contributed by atoms with van der Waals surface area (Å²) in [6.45, 7) is 15.3. The van der Waals surface area contributed by atoms with Crippen LogP contribution in [0.25, 0.3) is 0 Å². The summed E-state index contributed by atoms with van der Waals surface area (Å²) in [5.41, 5.74) is 2.66. The lowest BCUT2D eigenvalue weighted by atomic mass is 10.2. The van der Waals surface area contributed by atoms with E-state index in [1.807, 2.05) is 0 Å². The highest BCUT2D eigenvalue weighted by molar-refractivity contribution is 8.03. The van der Waals surface area contributed by atoms with Crippen LogP contribution in [0.4, 0.5) is 5.69 Å². The highest BCUT2D eigenvalue weighted by Crippen LogP contribution is 2.45. The van der Waals surface area contributed by atoms with Gasteiger partial charge in [-0.2, -0.15) is 0 Å². The summed E-state index contributed by atoms with van der Waals surface area (Å²) >= 11 is 1.80. The zero-order valence-electron chi connectivity index (χ0n) is 12.3. The van der Waals surface area contributed by atoms with E-state index < -0.39 is 0 Å². The van der Waals surface area contributed by atoms with Crippen molar-refractivity contribution in [2.75, 3.05) is 31.1 Å². The highest BCUT2D eigenvalue weighted by Gasteiger charge is 2.23. The number of thioether (sulfide) groups is 1. The van der Waals surface area contributed by atoms with Gasteiger partial charge in [-0.15, -0.1) is 0 Å². The van der Waals surface area contributed by atoms with Crippen LogP contribution in [0.2, 0.25) is 0 Å². The molecule has 0 saturated carbocycles. The van der Waals surface area contributed by atoms with Crippen molar-refractivity contribution in [2.45, 2.75) is 32.1 Å². The Morgan fingerprint density at radius 3 is 2.68 bits per heavy atom. The average molecular weight is 276 g/mol. The summed E-state index contributed by atoms with van der Waals surface area (Å²) in [7, 11) is 0. The average Bonchev–Trinajstić information content (AvgIpc) is 2.70. The van der Waals surface area contributed by atoms with Gasteiger partial charge in [-0.1, -0.05) is 38.3 Å². The van der Waals surface area contributed by atoms with Gasteiger partial charge in [0.1, 0.15) is 0 Å². The highest BCUT2D eigenvalue weighted by atomic mass is 32.2. The van der Waals surface area contributed by atoms with Crippen LogP contribution >= 0.6 is 11.8 Å². The number of hydrogen-bond donors (Lipinski definition) is 0. The van der Waals surface area contributed by atoms with Gasteiger partial charge in [0.05, 0.1) is 10.7 Å². The van der Waals surface area contributed by atoms with Crippen LogP contribution in [0.15, 0.2) is 34.7 Å². The molecule has 1 heterocycles. The molecule has 0 aliphatic carbocycles. The van der Waals surface area contributed by atoms with Crippen LogP contribution in [0.5, 0.6) is 0 Å². The zero-order chi connectivity index (χ0) is 13.8. The third-order valence-corrected chi connectivity index (χ3v) is 4.69. The van der Waals surface area contributed by atoms with Crippen molar-refractivity contribution in [1.82, 2.24) is 4.90 Å². The fourth-order valence-electron chi connectivity index (χ4n) is 2.48.